The summed E-state index contributed by atoms with van der Waals surface area (Å²) in [6.07, 6.45) is 24.1. The van der Waals surface area contributed by atoms with Gasteiger partial charge in [-0.2, -0.15) is 0 Å². The molecule has 0 amide bonds. The Balaban J connectivity index is 0.981. The molecule has 0 aromatic heterocycles. The molecule has 0 bridgehead atoms. The normalized spacial score (nSPS) is 50.7. The topological polar surface area (TPSA) is 85.8 Å². The minimum Gasteiger partial charge on any atom is -0.393 e. The van der Waals surface area contributed by atoms with Gasteiger partial charge in [-0.25, -0.2) is 0 Å². The molecule has 0 aromatic carbocycles. The van der Waals surface area contributed by atoms with Crippen molar-refractivity contribution in [2.45, 2.75) is 187 Å². The van der Waals surface area contributed by atoms with Gasteiger partial charge in [0.25, 0.3) is 0 Å². The van der Waals surface area contributed by atoms with E-state index in [9.17, 15) is 10.2 Å². The van der Waals surface area contributed by atoms with Crippen molar-refractivity contribution in [3.05, 3.63) is 0 Å². The van der Waals surface area contributed by atoms with Crippen LogP contribution in [0.2, 0.25) is 0 Å². The van der Waals surface area contributed by atoms with E-state index in [1.54, 1.807) is 0 Å². The van der Waals surface area contributed by atoms with Crippen LogP contribution in [0, 0.1) is 70.5 Å². The molecule has 7 aliphatic rings. The Kier molecular flexibility index (Phi) is 11.6. The van der Waals surface area contributed by atoms with E-state index in [2.05, 4.69) is 50.6 Å². The molecule has 6 nitrogen and oxygen atoms in total. The average Bonchev–Trinajstić information content (AvgIpc) is 3.08. The Morgan fingerprint density at radius 1 is 0.583 bits per heavy atom. The van der Waals surface area contributed by atoms with Gasteiger partial charge in [0.1, 0.15) is 0 Å². The van der Waals surface area contributed by atoms with Gasteiger partial charge < -0.3 is 14.9 Å². The molecule has 276 valence electrons. The number of ether oxygens (including phenoxy) is 1. The Morgan fingerprint density at radius 2 is 1.10 bits per heavy atom. The first kappa shape index (κ1) is 36.1. The number of nitrogens with one attached hydrogen (secondary N) is 3. The van der Waals surface area contributed by atoms with Gasteiger partial charge in [0.2, 0.25) is 0 Å². The second kappa shape index (κ2) is 15.4. The molecule has 7 rings (SSSR count). The van der Waals surface area contributed by atoms with Gasteiger partial charge in [-0.1, -0.05) is 86.0 Å². The zero-order valence-corrected chi connectivity index (χ0v) is 31.6. The van der Waals surface area contributed by atoms with E-state index in [-0.39, 0.29) is 41.7 Å². The largest absolute Gasteiger partial charge is 0.393 e. The molecule has 0 spiro atoms. The predicted octanol–water partition coefficient (Wildman–Crippen LogP) is 7.82. The minimum atomic E-state index is -0.353. The van der Waals surface area contributed by atoms with E-state index in [1.165, 1.54) is 89.9 Å². The summed E-state index contributed by atoms with van der Waals surface area (Å²) in [5, 5.41) is 35.5. The van der Waals surface area contributed by atoms with Crippen LogP contribution in [0.25, 0.3) is 0 Å². The van der Waals surface area contributed by atoms with Crippen molar-refractivity contribution < 1.29 is 14.9 Å². The highest BCUT2D eigenvalue weighted by molar-refractivity contribution is 5.00. The summed E-state index contributed by atoms with van der Waals surface area (Å²) in [6.45, 7) is 12.1. The highest BCUT2D eigenvalue weighted by Gasteiger charge is 2.47. The zero-order valence-electron chi connectivity index (χ0n) is 31.6. The van der Waals surface area contributed by atoms with Crippen LogP contribution in [-0.2, 0) is 4.74 Å². The molecule has 1 saturated heterocycles. The molecule has 0 radical (unpaired) electrons. The molecule has 1 heterocycles. The Hall–Kier alpha value is -0.240. The van der Waals surface area contributed by atoms with E-state index >= 15 is 0 Å². The van der Waals surface area contributed by atoms with Crippen molar-refractivity contribution in [3.8, 4) is 0 Å². The molecule has 1 aliphatic heterocycles. The lowest BCUT2D eigenvalue weighted by Crippen LogP contribution is -2.73. The Bertz CT molecular complexity index is 992. The summed E-state index contributed by atoms with van der Waals surface area (Å²) in [5.41, 5.74) is 0.121. The van der Waals surface area contributed by atoms with Crippen LogP contribution in [0.1, 0.15) is 150 Å². The summed E-state index contributed by atoms with van der Waals surface area (Å²) in [7, 11) is 0. The van der Waals surface area contributed by atoms with Crippen molar-refractivity contribution in [1.29, 1.82) is 0 Å². The van der Waals surface area contributed by atoms with E-state index in [0.717, 1.165) is 49.4 Å². The van der Waals surface area contributed by atoms with Crippen LogP contribution in [0.15, 0.2) is 0 Å². The smallest absolute Gasteiger partial charge is 0.0649 e. The second-order valence-corrected chi connectivity index (χ2v) is 19.9. The number of hydrogen-bond acceptors (Lipinski definition) is 6. The number of fused-ring (bicyclic) bond motifs is 2. The van der Waals surface area contributed by atoms with Crippen molar-refractivity contribution in [2.75, 3.05) is 6.61 Å². The molecule has 48 heavy (non-hydrogen) atoms. The molecule has 16 atom stereocenters. The van der Waals surface area contributed by atoms with Crippen LogP contribution in [0.3, 0.4) is 0 Å². The number of rotatable bonds is 6. The first-order valence-corrected chi connectivity index (χ1v) is 21.3. The summed E-state index contributed by atoms with van der Waals surface area (Å²) in [5.74, 6) is 6.93. The van der Waals surface area contributed by atoms with Crippen molar-refractivity contribution in [3.63, 3.8) is 0 Å². The Labute approximate surface area is 294 Å². The zero-order chi connectivity index (χ0) is 33.6. The van der Waals surface area contributed by atoms with Crippen molar-refractivity contribution in [2.24, 2.45) is 70.5 Å². The average molecular weight is 670 g/mol. The monoisotopic (exact) mass is 670 g/mol. The fourth-order valence-electron chi connectivity index (χ4n) is 12.9. The highest BCUT2D eigenvalue weighted by atomic mass is 16.5. The van der Waals surface area contributed by atoms with Gasteiger partial charge in [-0.15, -0.1) is 0 Å². The van der Waals surface area contributed by atoms with Gasteiger partial charge in [-0.3, -0.25) is 16.0 Å². The fourth-order valence-corrected chi connectivity index (χ4v) is 12.9. The first-order chi connectivity index (χ1) is 23.0. The number of aliphatic hydroxyl groups is 2. The van der Waals surface area contributed by atoms with E-state index in [0.29, 0.717) is 48.5 Å². The van der Waals surface area contributed by atoms with Gasteiger partial charge >= 0.3 is 0 Å². The quantitative estimate of drug-likeness (QED) is 0.198. The van der Waals surface area contributed by atoms with Gasteiger partial charge in [0.05, 0.1) is 43.4 Å². The van der Waals surface area contributed by atoms with Crippen LogP contribution in [-0.4, -0.2) is 53.6 Å². The molecule has 6 saturated carbocycles. The standard InChI is InChI=1S/C42H75N3O3/c1-25-20-36(42(3,4)5)38(47)26(2)35(25)24-48-33-18-19-34(37(46)23-33)41-44-39(31-16-14-27-10-6-8-12-29(27)21-31)43-40(45-41)32-17-15-28-11-7-9-13-30(28)22-32/h25-41,43-47H,6-24H2,1-5H3. The minimum absolute atomic E-state index is 0.115. The molecule has 7 fully saturated rings. The maximum absolute atomic E-state index is 11.8. The second-order valence-electron chi connectivity index (χ2n) is 19.9. The Morgan fingerprint density at radius 3 is 1.65 bits per heavy atom. The molecule has 6 heteroatoms. The molecule has 16 unspecified atom stereocenters. The van der Waals surface area contributed by atoms with Crippen LogP contribution < -0.4 is 16.0 Å². The van der Waals surface area contributed by atoms with Crippen LogP contribution >= 0.6 is 0 Å². The third-order valence-corrected chi connectivity index (χ3v) is 16.0. The first-order valence-electron chi connectivity index (χ1n) is 21.3. The lowest BCUT2D eigenvalue weighted by atomic mass is 9.61. The van der Waals surface area contributed by atoms with Crippen LogP contribution in [0.5, 0.6) is 0 Å². The molecule has 0 aromatic rings. The van der Waals surface area contributed by atoms with Gasteiger partial charge in [-0.05, 0) is 129 Å². The highest BCUT2D eigenvalue weighted by Crippen LogP contribution is 2.48. The van der Waals surface area contributed by atoms with Crippen molar-refractivity contribution >= 4 is 0 Å². The molecule has 6 aliphatic carbocycles. The van der Waals surface area contributed by atoms with Crippen LogP contribution in [0.4, 0.5) is 0 Å². The van der Waals surface area contributed by atoms with Gasteiger partial charge in [0.15, 0.2) is 0 Å². The summed E-state index contributed by atoms with van der Waals surface area (Å²) >= 11 is 0. The lowest BCUT2D eigenvalue weighted by Gasteiger charge is -2.52. The molecule has 5 N–H and O–H groups in total. The van der Waals surface area contributed by atoms with E-state index < -0.39 is 0 Å². The molecular weight excluding hydrogens is 594 g/mol. The molecular formula is C42H75N3O3. The summed E-state index contributed by atoms with van der Waals surface area (Å²) in [4.78, 5) is 0. The maximum atomic E-state index is 11.8. The van der Waals surface area contributed by atoms with Gasteiger partial charge in [0, 0.05) is 5.92 Å². The fraction of sp³-hybridized carbons (Fsp3) is 1.00. The van der Waals surface area contributed by atoms with E-state index in [1.807, 2.05) is 0 Å². The SMILES string of the molecule is CC1CC(C(C)(C)C)C(O)C(C)C1COC1CCC(C2NC(C3CCC4CCCCC4C3)NC(C3CCC4CCCCC4C3)N2)C(O)C1. The van der Waals surface area contributed by atoms with Crippen molar-refractivity contribution in [1.82, 2.24) is 16.0 Å². The summed E-state index contributed by atoms with van der Waals surface area (Å²) in [6, 6.07) is 0. The summed E-state index contributed by atoms with van der Waals surface area (Å²) < 4.78 is 6.65. The van der Waals surface area contributed by atoms with E-state index in [4.69, 9.17) is 4.74 Å². The number of aliphatic hydroxyl groups excluding tert-OH is 2. The lowest BCUT2D eigenvalue weighted by molar-refractivity contribution is -0.114. The number of hydrogen-bond donors (Lipinski definition) is 5. The predicted molar refractivity (Wildman–Crippen MR) is 195 cm³/mol. The third-order valence-electron chi connectivity index (χ3n) is 16.0. The third kappa shape index (κ3) is 7.89. The maximum Gasteiger partial charge on any atom is 0.0649 e.